The summed E-state index contributed by atoms with van der Waals surface area (Å²) in [6.07, 6.45) is 4.22. The van der Waals surface area contributed by atoms with E-state index in [4.69, 9.17) is 0 Å². The fourth-order valence-corrected chi connectivity index (χ4v) is 3.22. The predicted molar refractivity (Wildman–Crippen MR) is 103 cm³/mol. The molecule has 3 heterocycles. The average molecular weight is 418 g/mol. The maximum Gasteiger partial charge on any atom is 0.273 e. The van der Waals surface area contributed by atoms with E-state index in [-0.39, 0.29) is 36.9 Å². The number of aromatic nitrogens is 6. The third-order valence-electron chi connectivity index (χ3n) is 3.86. The lowest BCUT2D eigenvalue weighted by Crippen LogP contribution is -2.18. The van der Waals surface area contributed by atoms with Gasteiger partial charge in [-0.3, -0.25) is 14.6 Å². The fourth-order valence-electron chi connectivity index (χ4n) is 2.45. The van der Waals surface area contributed by atoms with Crippen LogP contribution < -0.4 is 10.6 Å². The van der Waals surface area contributed by atoms with Crippen LogP contribution in [0.3, 0.4) is 0 Å². The summed E-state index contributed by atoms with van der Waals surface area (Å²) in [7, 11) is 1.48. The lowest BCUT2D eigenvalue weighted by Gasteiger charge is -2.05. The van der Waals surface area contributed by atoms with Crippen molar-refractivity contribution in [2.45, 2.75) is 32.0 Å². The third-order valence-corrected chi connectivity index (χ3v) is 4.75. The largest absolute Gasteiger partial charge is 0.354 e. The molecule has 0 fully saturated rings. The average Bonchev–Trinajstić information content (AvgIpc) is 3.36. The first-order chi connectivity index (χ1) is 14.0. The minimum atomic E-state index is -1.19. The van der Waals surface area contributed by atoms with E-state index in [1.165, 1.54) is 29.3 Å². The van der Waals surface area contributed by atoms with Crippen molar-refractivity contribution in [3.8, 4) is 0 Å². The Bertz CT molecular complexity index is 961. The summed E-state index contributed by atoms with van der Waals surface area (Å²) in [4.78, 5) is 27.4. The van der Waals surface area contributed by atoms with Gasteiger partial charge in [-0.05, 0) is 18.1 Å². The number of rotatable bonds is 9. The normalized spacial score (nSPS) is 11.8. The monoisotopic (exact) mass is 418 g/mol. The van der Waals surface area contributed by atoms with Crippen molar-refractivity contribution in [2.24, 2.45) is 0 Å². The van der Waals surface area contributed by atoms with Crippen molar-refractivity contribution in [2.75, 3.05) is 12.4 Å². The van der Waals surface area contributed by atoms with Gasteiger partial charge in [0.25, 0.3) is 5.91 Å². The molecule has 10 nitrogen and oxygen atoms in total. The van der Waals surface area contributed by atoms with E-state index in [1.807, 2.05) is 6.07 Å². The van der Waals surface area contributed by atoms with Crippen LogP contribution in [0.5, 0.6) is 0 Å². The van der Waals surface area contributed by atoms with E-state index in [0.29, 0.717) is 16.6 Å². The zero-order chi connectivity index (χ0) is 20.6. The molecule has 1 atom stereocenters. The molecule has 0 radical (unpaired) electrons. The number of hydrogen-bond donors (Lipinski definition) is 2. The molecule has 2 N–H and O–H groups in total. The minimum Gasteiger partial charge on any atom is -0.354 e. The summed E-state index contributed by atoms with van der Waals surface area (Å²) in [5.74, 6) is -0.596. The van der Waals surface area contributed by atoms with Gasteiger partial charge >= 0.3 is 0 Å². The summed E-state index contributed by atoms with van der Waals surface area (Å²) in [6.45, 7) is -0.0164. The van der Waals surface area contributed by atoms with Gasteiger partial charge in [0.15, 0.2) is 5.69 Å². The summed E-state index contributed by atoms with van der Waals surface area (Å²) < 4.78 is 15.5. The van der Waals surface area contributed by atoms with Gasteiger partial charge in [0.2, 0.25) is 11.0 Å². The Balaban J connectivity index is 1.44. The second kappa shape index (κ2) is 9.78. The van der Waals surface area contributed by atoms with Crippen molar-refractivity contribution >= 4 is 28.3 Å². The lowest BCUT2D eigenvalue weighted by atomic mass is 10.2. The molecular weight excluding hydrogens is 399 g/mol. The molecule has 0 spiro atoms. The molecule has 1 unspecified atom stereocenters. The van der Waals surface area contributed by atoms with E-state index in [1.54, 1.807) is 18.5 Å². The van der Waals surface area contributed by atoms with Crippen LogP contribution in [0.25, 0.3) is 0 Å². The van der Waals surface area contributed by atoms with Gasteiger partial charge in [0.1, 0.15) is 11.2 Å². The number of amides is 2. The van der Waals surface area contributed by atoms with E-state index in [0.717, 1.165) is 5.56 Å². The zero-order valence-corrected chi connectivity index (χ0v) is 16.4. The maximum absolute atomic E-state index is 14.2. The molecule has 0 bridgehead atoms. The highest BCUT2D eigenvalue weighted by molar-refractivity contribution is 7.15. The predicted octanol–water partition coefficient (Wildman–Crippen LogP) is 1.04. The number of pyridine rings is 1. The number of nitrogens with zero attached hydrogens (tertiary/aromatic N) is 6. The lowest BCUT2D eigenvalue weighted by molar-refractivity contribution is -0.115. The first-order valence-corrected chi connectivity index (χ1v) is 9.62. The van der Waals surface area contributed by atoms with Crippen LogP contribution >= 0.6 is 11.3 Å². The van der Waals surface area contributed by atoms with Crippen LogP contribution in [0.15, 0.2) is 30.7 Å². The van der Waals surface area contributed by atoms with Gasteiger partial charge < -0.3 is 10.6 Å². The summed E-state index contributed by atoms with van der Waals surface area (Å²) in [6, 6.07) is 3.57. The van der Waals surface area contributed by atoms with Crippen molar-refractivity contribution in [1.82, 2.24) is 35.5 Å². The second-order valence-electron chi connectivity index (χ2n) is 6.13. The number of carbonyl (C=O) groups excluding carboxylic acids is 2. The van der Waals surface area contributed by atoms with Gasteiger partial charge in [-0.1, -0.05) is 22.6 Å². The topological polar surface area (TPSA) is 128 Å². The maximum atomic E-state index is 14.2. The number of hydrogen-bond acceptors (Lipinski definition) is 8. The van der Waals surface area contributed by atoms with Gasteiger partial charge in [-0.25, -0.2) is 9.07 Å². The van der Waals surface area contributed by atoms with Crippen LogP contribution in [0.1, 0.15) is 27.5 Å². The Labute approximate surface area is 169 Å². The summed E-state index contributed by atoms with van der Waals surface area (Å²) in [5.41, 5.74) is 0.929. The highest BCUT2D eigenvalue weighted by atomic mass is 32.1. The number of carbonyl (C=O) groups is 2. The Hall–Kier alpha value is -3.28. The number of aryl methyl sites for hydroxylation is 1. The first kappa shape index (κ1) is 20.5. The van der Waals surface area contributed by atoms with Crippen molar-refractivity contribution < 1.29 is 14.0 Å². The number of nitrogens with one attached hydrogen (secondary N) is 2. The molecule has 152 valence electrons. The second-order valence-corrected chi connectivity index (χ2v) is 7.19. The summed E-state index contributed by atoms with van der Waals surface area (Å²) >= 11 is 1.21. The molecule has 0 saturated heterocycles. The van der Waals surface area contributed by atoms with Crippen LogP contribution in [-0.4, -0.2) is 55.2 Å². The van der Waals surface area contributed by atoms with E-state index < -0.39 is 6.17 Å². The Morgan fingerprint density at radius 3 is 2.93 bits per heavy atom. The molecule has 2 amide bonds. The molecule has 3 aromatic rings. The van der Waals surface area contributed by atoms with Gasteiger partial charge in [-0.15, -0.1) is 15.3 Å². The van der Waals surface area contributed by atoms with Crippen molar-refractivity contribution in [3.63, 3.8) is 0 Å². The molecule has 0 aliphatic carbocycles. The van der Waals surface area contributed by atoms with Crippen molar-refractivity contribution in [1.29, 1.82) is 0 Å². The quantitative estimate of drug-likeness (QED) is 0.531. The first-order valence-electron chi connectivity index (χ1n) is 8.81. The van der Waals surface area contributed by atoms with Crippen LogP contribution in [-0.2, 0) is 24.2 Å². The van der Waals surface area contributed by atoms with Gasteiger partial charge in [-0.2, -0.15) is 0 Å². The molecular formula is C17H19FN8O2S. The minimum absolute atomic E-state index is 0.0164. The van der Waals surface area contributed by atoms with Crippen LogP contribution in [0.2, 0.25) is 0 Å². The molecule has 12 heteroatoms. The number of alkyl halides is 1. The molecule has 0 aliphatic rings. The molecule has 0 saturated carbocycles. The van der Waals surface area contributed by atoms with Gasteiger partial charge in [0, 0.05) is 25.9 Å². The summed E-state index contributed by atoms with van der Waals surface area (Å²) in [5, 5.41) is 21.4. The van der Waals surface area contributed by atoms with Crippen molar-refractivity contribution in [3.05, 3.63) is 47.0 Å². The highest BCUT2D eigenvalue weighted by Crippen LogP contribution is 2.18. The molecule has 0 aliphatic heterocycles. The zero-order valence-electron chi connectivity index (χ0n) is 15.6. The number of anilines is 1. The SMILES string of the molecule is CNC(=O)c1cn(CC(F)CCc2nnc(NC(=O)Cc3cccnc3)s2)nn1. The van der Waals surface area contributed by atoms with E-state index in [2.05, 4.69) is 36.1 Å². The Morgan fingerprint density at radius 1 is 1.31 bits per heavy atom. The Morgan fingerprint density at radius 2 is 2.17 bits per heavy atom. The standard InChI is InChI=1S/C17H19FN8O2S/c1-19-16(28)13-10-26(25-22-13)9-12(18)4-5-15-23-24-17(29-15)21-14(27)7-11-3-2-6-20-8-11/h2-3,6,8,10,12H,4-5,7,9H2,1H3,(H,19,28)(H,21,24,27). The van der Waals surface area contributed by atoms with Crippen LogP contribution in [0, 0.1) is 0 Å². The molecule has 29 heavy (non-hydrogen) atoms. The smallest absolute Gasteiger partial charge is 0.273 e. The highest BCUT2D eigenvalue weighted by Gasteiger charge is 2.15. The van der Waals surface area contributed by atoms with E-state index in [9.17, 15) is 14.0 Å². The Kier molecular flexibility index (Phi) is 6.89. The fraction of sp³-hybridized carbons (Fsp3) is 0.353. The van der Waals surface area contributed by atoms with Gasteiger partial charge in [0.05, 0.1) is 19.2 Å². The third kappa shape index (κ3) is 6.10. The van der Waals surface area contributed by atoms with Crippen LogP contribution in [0.4, 0.5) is 9.52 Å². The molecule has 3 aromatic heterocycles. The molecule has 3 rings (SSSR count). The van der Waals surface area contributed by atoms with E-state index >= 15 is 0 Å². The number of halogens is 1. The molecule has 0 aromatic carbocycles.